The molecule has 0 saturated heterocycles. The van der Waals surface area contributed by atoms with Crippen molar-refractivity contribution in [1.82, 2.24) is 5.32 Å². The molecule has 2 aromatic carbocycles. The lowest BCUT2D eigenvalue weighted by molar-refractivity contribution is 0.551. The van der Waals surface area contributed by atoms with Gasteiger partial charge in [-0.2, -0.15) is 0 Å². The number of rotatable bonds is 3. The zero-order chi connectivity index (χ0) is 13.1. The molecule has 94 valence electrons. The standard InChI is InChI=1S/C14H12BrF2N/c1-18-14(9-3-2-4-10(15)7-9)12-6-5-11(16)8-13(12)17/h2-8,14,18H,1H3. The highest BCUT2D eigenvalue weighted by molar-refractivity contribution is 9.10. The molecule has 0 spiro atoms. The Kier molecular flexibility index (Phi) is 4.09. The predicted molar refractivity (Wildman–Crippen MR) is 71.4 cm³/mol. The minimum absolute atomic E-state index is 0.303. The fraction of sp³-hybridized carbons (Fsp3) is 0.143. The van der Waals surface area contributed by atoms with Crippen LogP contribution in [-0.2, 0) is 0 Å². The Balaban J connectivity index is 2.45. The van der Waals surface area contributed by atoms with Crippen LogP contribution in [0, 0.1) is 11.6 Å². The minimum Gasteiger partial charge on any atom is -0.309 e. The van der Waals surface area contributed by atoms with Crippen LogP contribution in [0.15, 0.2) is 46.9 Å². The molecule has 0 aromatic heterocycles. The van der Waals surface area contributed by atoms with Gasteiger partial charge >= 0.3 is 0 Å². The molecular weight excluding hydrogens is 300 g/mol. The molecule has 0 amide bonds. The molecule has 0 bridgehead atoms. The summed E-state index contributed by atoms with van der Waals surface area (Å²) in [6.07, 6.45) is 0. The molecule has 18 heavy (non-hydrogen) atoms. The van der Waals surface area contributed by atoms with Crippen LogP contribution >= 0.6 is 15.9 Å². The summed E-state index contributed by atoms with van der Waals surface area (Å²) in [5, 5.41) is 3.04. The summed E-state index contributed by atoms with van der Waals surface area (Å²) < 4.78 is 27.6. The molecular formula is C14H12BrF2N. The van der Waals surface area contributed by atoms with Crippen molar-refractivity contribution in [3.05, 3.63) is 69.7 Å². The van der Waals surface area contributed by atoms with Gasteiger partial charge in [-0.1, -0.05) is 34.1 Å². The second-order valence-corrected chi connectivity index (χ2v) is 4.86. The van der Waals surface area contributed by atoms with Crippen molar-refractivity contribution in [2.75, 3.05) is 7.05 Å². The lowest BCUT2D eigenvalue weighted by Gasteiger charge is -2.18. The van der Waals surface area contributed by atoms with E-state index in [0.29, 0.717) is 5.56 Å². The van der Waals surface area contributed by atoms with Gasteiger partial charge in [-0.05, 0) is 30.8 Å². The molecule has 1 unspecified atom stereocenters. The Morgan fingerprint density at radius 2 is 1.89 bits per heavy atom. The molecule has 2 rings (SSSR count). The SMILES string of the molecule is CNC(c1cccc(Br)c1)c1ccc(F)cc1F. The quantitative estimate of drug-likeness (QED) is 0.902. The van der Waals surface area contributed by atoms with Crippen molar-refractivity contribution in [2.24, 2.45) is 0 Å². The van der Waals surface area contributed by atoms with E-state index < -0.39 is 11.6 Å². The lowest BCUT2D eigenvalue weighted by Crippen LogP contribution is -2.19. The van der Waals surface area contributed by atoms with E-state index in [1.165, 1.54) is 12.1 Å². The smallest absolute Gasteiger partial charge is 0.131 e. The van der Waals surface area contributed by atoms with Gasteiger partial charge in [-0.25, -0.2) is 8.78 Å². The van der Waals surface area contributed by atoms with Crippen LogP contribution in [0.25, 0.3) is 0 Å². The molecule has 0 aliphatic heterocycles. The summed E-state index contributed by atoms with van der Waals surface area (Å²) in [6, 6.07) is 10.9. The summed E-state index contributed by atoms with van der Waals surface area (Å²) in [6.45, 7) is 0. The number of halogens is 3. The van der Waals surface area contributed by atoms with E-state index >= 15 is 0 Å². The Morgan fingerprint density at radius 1 is 1.11 bits per heavy atom. The van der Waals surface area contributed by atoms with E-state index in [1.807, 2.05) is 24.3 Å². The van der Waals surface area contributed by atoms with E-state index in [4.69, 9.17) is 0 Å². The zero-order valence-electron chi connectivity index (χ0n) is 9.75. The maximum atomic E-state index is 13.8. The average Bonchev–Trinajstić information content (AvgIpc) is 2.33. The fourth-order valence-corrected chi connectivity index (χ4v) is 2.34. The van der Waals surface area contributed by atoms with Crippen LogP contribution in [0.5, 0.6) is 0 Å². The normalized spacial score (nSPS) is 12.4. The highest BCUT2D eigenvalue weighted by Crippen LogP contribution is 2.26. The first-order valence-electron chi connectivity index (χ1n) is 5.49. The summed E-state index contributed by atoms with van der Waals surface area (Å²) in [5.41, 5.74) is 1.34. The number of hydrogen-bond donors (Lipinski definition) is 1. The summed E-state index contributed by atoms with van der Waals surface area (Å²) >= 11 is 3.38. The second kappa shape index (κ2) is 5.59. The number of nitrogens with one attached hydrogen (secondary N) is 1. The van der Waals surface area contributed by atoms with Crippen molar-refractivity contribution in [3.8, 4) is 0 Å². The molecule has 1 atom stereocenters. The molecule has 1 nitrogen and oxygen atoms in total. The number of hydrogen-bond acceptors (Lipinski definition) is 1. The maximum absolute atomic E-state index is 13.8. The van der Waals surface area contributed by atoms with Crippen molar-refractivity contribution in [1.29, 1.82) is 0 Å². The molecule has 0 radical (unpaired) electrons. The zero-order valence-corrected chi connectivity index (χ0v) is 11.3. The van der Waals surface area contributed by atoms with Crippen molar-refractivity contribution >= 4 is 15.9 Å². The highest BCUT2D eigenvalue weighted by Gasteiger charge is 2.16. The number of benzene rings is 2. The first-order chi connectivity index (χ1) is 8.61. The van der Waals surface area contributed by atoms with Gasteiger partial charge in [0.15, 0.2) is 0 Å². The van der Waals surface area contributed by atoms with Crippen molar-refractivity contribution in [2.45, 2.75) is 6.04 Å². The van der Waals surface area contributed by atoms with Gasteiger partial charge in [0.1, 0.15) is 11.6 Å². The Morgan fingerprint density at radius 3 is 2.50 bits per heavy atom. The van der Waals surface area contributed by atoms with Gasteiger partial charge in [0.2, 0.25) is 0 Å². The Bertz CT molecular complexity index is 557. The molecule has 0 aliphatic rings. The molecule has 0 saturated carbocycles. The van der Waals surface area contributed by atoms with E-state index in [-0.39, 0.29) is 6.04 Å². The van der Waals surface area contributed by atoms with Crippen LogP contribution < -0.4 is 5.32 Å². The van der Waals surface area contributed by atoms with Gasteiger partial charge in [-0.3, -0.25) is 0 Å². The molecule has 0 aliphatic carbocycles. The van der Waals surface area contributed by atoms with Gasteiger partial charge in [0.25, 0.3) is 0 Å². The van der Waals surface area contributed by atoms with E-state index in [2.05, 4.69) is 21.2 Å². The Hall–Kier alpha value is -1.26. The van der Waals surface area contributed by atoms with Crippen molar-refractivity contribution < 1.29 is 8.78 Å². The van der Waals surface area contributed by atoms with Crippen LogP contribution in [0.4, 0.5) is 8.78 Å². The topological polar surface area (TPSA) is 12.0 Å². The predicted octanol–water partition coefficient (Wildman–Crippen LogP) is 4.04. The Labute approximate surface area is 113 Å². The summed E-state index contributed by atoms with van der Waals surface area (Å²) in [7, 11) is 1.74. The minimum atomic E-state index is -0.569. The van der Waals surface area contributed by atoms with E-state index in [9.17, 15) is 8.78 Å². The van der Waals surface area contributed by atoms with Gasteiger partial charge in [0.05, 0.1) is 6.04 Å². The molecule has 1 N–H and O–H groups in total. The highest BCUT2D eigenvalue weighted by atomic mass is 79.9. The maximum Gasteiger partial charge on any atom is 0.131 e. The van der Waals surface area contributed by atoms with Crippen LogP contribution in [-0.4, -0.2) is 7.05 Å². The molecule has 2 aromatic rings. The fourth-order valence-electron chi connectivity index (χ4n) is 1.92. The van der Waals surface area contributed by atoms with Gasteiger partial charge < -0.3 is 5.32 Å². The molecule has 4 heteroatoms. The first kappa shape index (κ1) is 13.2. The third-order valence-corrected chi connectivity index (χ3v) is 3.24. The average molecular weight is 312 g/mol. The van der Waals surface area contributed by atoms with E-state index in [0.717, 1.165) is 16.1 Å². The largest absolute Gasteiger partial charge is 0.309 e. The van der Waals surface area contributed by atoms with Gasteiger partial charge in [-0.15, -0.1) is 0 Å². The monoisotopic (exact) mass is 311 g/mol. The van der Waals surface area contributed by atoms with Crippen LogP contribution in [0.2, 0.25) is 0 Å². The molecule has 0 heterocycles. The van der Waals surface area contributed by atoms with Crippen LogP contribution in [0.1, 0.15) is 17.2 Å². The second-order valence-electron chi connectivity index (χ2n) is 3.94. The third kappa shape index (κ3) is 2.76. The van der Waals surface area contributed by atoms with Crippen LogP contribution in [0.3, 0.4) is 0 Å². The first-order valence-corrected chi connectivity index (χ1v) is 6.29. The summed E-state index contributed by atoms with van der Waals surface area (Å²) in [5.74, 6) is -1.12. The lowest BCUT2D eigenvalue weighted by atomic mass is 9.98. The van der Waals surface area contributed by atoms with Gasteiger partial charge in [0, 0.05) is 16.1 Å². The summed E-state index contributed by atoms with van der Waals surface area (Å²) in [4.78, 5) is 0. The van der Waals surface area contributed by atoms with Crippen molar-refractivity contribution in [3.63, 3.8) is 0 Å². The van der Waals surface area contributed by atoms with E-state index in [1.54, 1.807) is 7.05 Å². The molecule has 0 fully saturated rings. The third-order valence-electron chi connectivity index (χ3n) is 2.74.